The molecule has 0 aromatic carbocycles. The molecule has 0 aromatic heterocycles. The van der Waals surface area contributed by atoms with Gasteiger partial charge in [-0.1, -0.05) is 125 Å². The Balaban J connectivity index is 0.000000318. The molecule has 7 fully saturated rings. The Morgan fingerprint density at radius 2 is 0.844 bits per heavy atom. The topological polar surface area (TPSA) is 43.4 Å². The number of hydrogen-bond donors (Lipinski definition) is 0. The molecule has 2 saturated carbocycles. The monoisotopic (exact) mass is 1110 g/mol. The van der Waals surface area contributed by atoms with E-state index in [1.54, 1.807) is 7.11 Å². The summed E-state index contributed by atoms with van der Waals surface area (Å²) in [6.45, 7) is 49.8. The van der Waals surface area contributed by atoms with Gasteiger partial charge in [0.05, 0.1) is 37.6 Å². The van der Waals surface area contributed by atoms with Crippen molar-refractivity contribution in [2.75, 3.05) is 60.2 Å². The van der Waals surface area contributed by atoms with Gasteiger partial charge < -0.3 is 23.8 Å². The van der Waals surface area contributed by atoms with Crippen molar-refractivity contribution in [2.45, 2.75) is 297 Å². The number of likely N-dealkylation sites (N-methyl/N-ethyl adjacent to an activating group) is 1. The second-order valence-corrected chi connectivity index (χ2v) is 31.9. The second-order valence-electron chi connectivity index (χ2n) is 31.9. The molecule has 0 N–H and O–H groups in total. The minimum atomic E-state index is -4.05. The molecule has 460 valence electrons. The number of nitrogens with zero attached hydrogens (tertiary/aromatic N) is 2. The van der Waals surface area contributed by atoms with Gasteiger partial charge in [0.2, 0.25) is 5.92 Å². The molecule has 7 aliphatic rings. The van der Waals surface area contributed by atoms with Gasteiger partial charge in [-0.15, -0.1) is 0 Å². The molecule has 5 saturated heterocycles. The zero-order valence-corrected chi connectivity index (χ0v) is 54.4. The summed E-state index contributed by atoms with van der Waals surface area (Å²) in [6.07, 6.45) is 17.1. The van der Waals surface area contributed by atoms with E-state index >= 15 is 0 Å². The lowest BCUT2D eigenvalue weighted by Crippen LogP contribution is -2.42. The van der Waals surface area contributed by atoms with Crippen molar-refractivity contribution in [2.24, 2.45) is 68.0 Å². The van der Waals surface area contributed by atoms with Gasteiger partial charge in [-0.25, -0.2) is 8.78 Å². The van der Waals surface area contributed by atoms with Crippen LogP contribution in [0.1, 0.15) is 254 Å². The van der Waals surface area contributed by atoms with Gasteiger partial charge >= 0.3 is 6.18 Å². The highest BCUT2D eigenvalue weighted by Gasteiger charge is 2.41. The van der Waals surface area contributed by atoms with Crippen LogP contribution >= 0.6 is 0 Å². The van der Waals surface area contributed by atoms with Crippen LogP contribution in [0.2, 0.25) is 0 Å². The van der Waals surface area contributed by atoms with E-state index in [0.717, 1.165) is 68.9 Å². The summed E-state index contributed by atoms with van der Waals surface area (Å²) in [7, 11) is 4.02. The van der Waals surface area contributed by atoms with Crippen molar-refractivity contribution in [3.63, 3.8) is 0 Å². The molecular formula is C66H127F5N2O4. The van der Waals surface area contributed by atoms with Crippen LogP contribution in [0, 0.1) is 68.0 Å². The molecule has 5 aliphatic heterocycles. The Morgan fingerprint density at radius 1 is 0.481 bits per heavy atom. The van der Waals surface area contributed by atoms with Crippen molar-refractivity contribution >= 4 is 0 Å². The third-order valence-corrected chi connectivity index (χ3v) is 19.2. The number of fused-ring (bicyclic) bond motifs is 2. The van der Waals surface area contributed by atoms with Crippen LogP contribution in [0.5, 0.6) is 0 Å². The number of ether oxygens (including phenoxy) is 4. The molecule has 0 amide bonds. The molecule has 4 unspecified atom stereocenters. The fourth-order valence-electron chi connectivity index (χ4n) is 13.2. The first kappa shape index (κ1) is 72.5. The molecule has 4 atom stereocenters. The maximum Gasteiger partial charge on any atom is 0.401 e. The first-order valence-electron chi connectivity index (χ1n) is 31.2. The van der Waals surface area contributed by atoms with Gasteiger partial charge in [0.1, 0.15) is 0 Å². The molecular weight excluding hydrogens is 980 g/mol. The average Bonchev–Trinajstić information content (AvgIpc) is 3.63. The lowest BCUT2D eigenvalue weighted by Gasteiger charge is -2.40. The van der Waals surface area contributed by atoms with Crippen molar-refractivity contribution in [3.05, 3.63) is 0 Å². The summed E-state index contributed by atoms with van der Waals surface area (Å²) in [5.74, 6) is 2.18. The number of alkyl halides is 5. The normalized spacial score (nSPS) is 29.5. The predicted octanol–water partition coefficient (Wildman–Crippen LogP) is 19.0. The molecule has 7 rings (SSSR count). The largest absolute Gasteiger partial charge is 0.401 e. The molecule has 0 radical (unpaired) electrons. The molecule has 0 aromatic rings. The smallest absolute Gasteiger partial charge is 0.383 e. The summed E-state index contributed by atoms with van der Waals surface area (Å²) >= 11 is 0. The minimum Gasteiger partial charge on any atom is -0.383 e. The molecule has 5 heterocycles. The van der Waals surface area contributed by atoms with Gasteiger partial charge in [-0.3, -0.25) is 4.90 Å². The standard InChI is InChI=1S/C14H29NO.C11H20F3N.C11H20O.C11H22O.C10H18F2.C9H18O/c1-14(2,3)12-6-8-13(9-7-12)15(4)10-11-16-5;1-10(2,3)9-4-6-15(7-5-9)8-11(12,13)14;1-11(2,3)8-6-9-4-5-10(7-8)12-9;1-8-6-10(11(3,4)5)7-9(2)12-8;1-9(2,3)8-4-6-10(11,12)7-5-8;1-9(2,3)8-4-6-10-7-5-8/h12-13H,6-11H2,1-5H3;9H,4-8H2,1-3H3;8-10H,4-7H2,1-3H3;8-10H,6-7H2,1-5H3;8H,4-7H2,1-3H3;8H,4-7H2,1-3H3. The maximum atomic E-state index is 12.8. The van der Waals surface area contributed by atoms with Crippen molar-refractivity contribution in [1.29, 1.82) is 0 Å². The van der Waals surface area contributed by atoms with Crippen LogP contribution in [0.15, 0.2) is 0 Å². The SMILES string of the molecule is CC(C)(C)C1CC2CCC(C1)O2.CC(C)(C)C1CCC(F)(F)CC1.CC(C)(C)C1CCN(CC(F)(F)F)CC1.CC(C)(C)C1CCOCC1.CC1CC(C(C)(C)C)CC(C)O1.COCCN(C)C1CCC(C(C)(C)C)CC1. The molecule has 6 nitrogen and oxygen atoms in total. The molecule has 2 aliphatic carbocycles. The van der Waals surface area contributed by atoms with E-state index in [0.29, 0.717) is 83.8 Å². The fraction of sp³-hybridized carbons (Fsp3) is 1.00. The van der Waals surface area contributed by atoms with E-state index in [2.05, 4.69) is 150 Å². The van der Waals surface area contributed by atoms with Crippen molar-refractivity contribution in [1.82, 2.24) is 9.80 Å². The minimum absolute atomic E-state index is 0.0922. The van der Waals surface area contributed by atoms with Crippen LogP contribution < -0.4 is 0 Å². The Labute approximate surface area is 473 Å². The number of rotatable bonds is 5. The van der Waals surface area contributed by atoms with E-state index in [4.69, 9.17) is 18.9 Å². The summed E-state index contributed by atoms with van der Waals surface area (Å²) in [5, 5.41) is 0. The molecule has 11 heteroatoms. The van der Waals surface area contributed by atoms with E-state index in [1.807, 2.05) is 0 Å². The third-order valence-electron chi connectivity index (χ3n) is 19.2. The lowest BCUT2D eigenvalue weighted by atomic mass is 9.71. The highest BCUT2D eigenvalue weighted by Crippen LogP contribution is 2.46. The highest BCUT2D eigenvalue weighted by atomic mass is 19.4. The predicted molar refractivity (Wildman–Crippen MR) is 316 cm³/mol. The van der Waals surface area contributed by atoms with Crippen LogP contribution in [-0.2, 0) is 18.9 Å². The van der Waals surface area contributed by atoms with E-state index in [1.165, 1.54) is 81.9 Å². The van der Waals surface area contributed by atoms with E-state index in [9.17, 15) is 22.0 Å². The van der Waals surface area contributed by atoms with Crippen LogP contribution in [0.4, 0.5) is 22.0 Å². The summed E-state index contributed by atoms with van der Waals surface area (Å²) in [4.78, 5) is 3.99. The fourth-order valence-corrected chi connectivity index (χ4v) is 13.2. The Bertz CT molecular complexity index is 1520. The third kappa shape index (κ3) is 29.5. The van der Waals surface area contributed by atoms with E-state index < -0.39 is 18.6 Å². The molecule has 0 spiro atoms. The summed E-state index contributed by atoms with van der Waals surface area (Å²) < 4.78 is 83.9. The molecule has 77 heavy (non-hydrogen) atoms. The second kappa shape index (κ2) is 31.3. The Morgan fingerprint density at radius 3 is 1.21 bits per heavy atom. The summed E-state index contributed by atoms with van der Waals surface area (Å²) in [6, 6.07) is 0.786. The highest BCUT2D eigenvalue weighted by molar-refractivity contribution is 4.90. The summed E-state index contributed by atoms with van der Waals surface area (Å²) in [5.41, 5.74) is 2.36. The Hall–Kier alpha value is -0.590. The zero-order valence-electron chi connectivity index (χ0n) is 54.4. The van der Waals surface area contributed by atoms with E-state index in [-0.39, 0.29) is 23.7 Å². The van der Waals surface area contributed by atoms with Crippen molar-refractivity contribution < 1.29 is 40.9 Å². The van der Waals surface area contributed by atoms with Gasteiger partial charge in [-0.2, -0.15) is 13.2 Å². The van der Waals surface area contributed by atoms with Crippen molar-refractivity contribution in [3.8, 4) is 0 Å². The maximum absolute atomic E-state index is 12.8. The number of likely N-dealkylation sites (tertiary alicyclic amines) is 1. The van der Waals surface area contributed by atoms with Gasteiger partial charge in [-0.05, 0) is 205 Å². The first-order chi connectivity index (χ1) is 35.0. The van der Waals surface area contributed by atoms with Gasteiger partial charge in [0.25, 0.3) is 0 Å². The number of hydrogen-bond acceptors (Lipinski definition) is 6. The van der Waals surface area contributed by atoms with Gasteiger partial charge in [0.15, 0.2) is 0 Å². The van der Waals surface area contributed by atoms with Crippen LogP contribution in [-0.4, -0.2) is 113 Å². The van der Waals surface area contributed by atoms with Gasteiger partial charge in [0, 0.05) is 45.8 Å². The number of halogens is 5. The average molecular weight is 1110 g/mol. The quantitative estimate of drug-likeness (QED) is 0.256. The first-order valence-corrected chi connectivity index (χ1v) is 31.2. The Kier molecular flexibility index (Phi) is 29.5. The van der Waals surface area contributed by atoms with Crippen LogP contribution in [0.3, 0.4) is 0 Å². The number of piperidine rings is 1. The zero-order chi connectivity index (χ0) is 59.0. The van der Waals surface area contributed by atoms with Crippen LogP contribution in [0.25, 0.3) is 0 Å². The number of methoxy groups -OCH3 is 1. The lowest BCUT2D eigenvalue weighted by molar-refractivity contribution is -0.149. The molecule has 2 bridgehead atoms.